The molecular weight excluding hydrogens is 267 g/mol. The second-order valence-electron chi connectivity index (χ2n) is 4.76. The molecule has 0 unspecified atom stereocenters. The van der Waals surface area contributed by atoms with Gasteiger partial charge in [0.1, 0.15) is 11.3 Å². The van der Waals surface area contributed by atoms with Crippen molar-refractivity contribution in [3.05, 3.63) is 36.7 Å². The number of rotatable bonds is 7. The SMILES string of the molecule is CCCP(CCC)c1nccn1-c1ccccc1OC. The molecule has 1 aromatic heterocycles. The maximum absolute atomic E-state index is 5.48. The summed E-state index contributed by atoms with van der Waals surface area (Å²) in [5.41, 5.74) is 2.30. The van der Waals surface area contributed by atoms with Gasteiger partial charge in [-0.15, -0.1) is 0 Å². The molecule has 0 saturated carbocycles. The minimum Gasteiger partial charge on any atom is -0.495 e. The number of nitrogens with zero attached hydrogens (tertiary/aromatic N) is 2. The normalized spacial score (nSPS) is 11.0. The lowest BCUT2D eigenvalue weighted by molar-refractivity contribution is 0.413. The van der Waals surface area contributed by atoms with Crippen molar-refractivity contribution >= 4 is 13.5 Å². The van der Waals surface area contributed by atoms with Crippen molar-refractivity contribution in [3.8, 4) is 11.4 Å². The Kier molecular flexibility index (Phi) is 5.60. The lowest BCUT2D eigenvalue weighted by Gasteiger charge is -2.18. The van der Waals surface area contributed by atoms with Crippen LogP contribution in [0, 0.1) is 0 Å². The number of para-hydroxylation sites is 2. The fourth-order valence-corrected chi connectivity index (χ4v) is 4.81. The highest BCUT2D eigenvalue weighted by molar-refractivity contribution is 7.65. The number of hydrogen-bond donors (Lipinski definition) is 0. The lowest BCUT2D eigenvalue weighted by Crippen LogP contribution is -2.18. The average molecular weight is 290 g/mol. The van der Waals surface area contributed by atoms with Gasteiger partial charge in [-0.25, -0.2) is 4.98 Å². The van der Waals surface area contributed by atoms with Crippen LogP contribution in [0.2, 0.25) is 0 Å². The molecule has 0 aliphatic carbocycles. The Bertz CT molecular complexity index is 533. The maximum atomic E-state index is 5.48. The minimum atomic E-state index is -0.184. The molecule has 0 radical (unpaired) electrons. The van der Waals surface area contributed by atoms with Gasteiger partial charge in [0, 0.05) is 12.4 Å². The molecule has 0 spiro atoms. The van der Waals surface area contributed by atoms with Gasteiger partial charge in [0.2, 0.25) is 0 Å². The van der Waals surface area contributed by atoms with Crippen molar-refractivity contribution < 1.29 is 4.74 Å². The van der Waals surface area contributed by atoms with Crippen molar-refractivity contribution in [3.63, 3.8) is 0 Å². The first kappa shape index (κ1) is 15.1. The van der Waals surface area contributed by atoms with E-state index >= 15 is 0 Å². The Labute approximate surface area is 122 Å². The van der Waals surface area contributed by atoms with Crippen LogP contribution in [-0.2, 0) is 0 Å². The van der Waals surface area contributed by atoms with Crippen LogP contribution in [0.3, 0.4) is 0 Å². The Morgan fingerprint density at radius 1 is 1.15 bits per heavy atom. The van der Waals surface area contributed by atoms with E-state index in [9.17, 15) is 0 Å². The van der Waals surface area contributed by atoms with E-state index in [-0.39, 0.29) is 7.92 Å². The second kappa shape index (κ2) is 7.44. The van der Waals surface area contributed by atoms with Crippen molar-refractivity contribution in [2.45, 2.75) is 26.7 Å². The minimum absolute atomic E-state index is 0.184. The lowest BCUT2D eigenvalue weighted by atomic mass is 10.3. The third kappa shape index (κ3) is 3.21. The summed E-state index contributed by atoms with van der Waals surface area (Å²) in [6.45, 7) is 4.50. The number of aromatic nitrogens is 2. The Hall–Kier alpha value is -1.34. The van der Waals surface area contributed by atoms with Gasteiger partial charge >= 0.3 is 0 Å². The molecule has 0 aliphatic heterocycles. The standard InChI is InChI=1S/C16H23N2OP/c1-4-12-20(13-5-2)16-17-10-11-18(16)14-8-6-7-9-15(14)19-3/h6-11H,4-5,12-13H2,1-3H3. The first-order valence-electron chi connectivity index (χ1n) is 7.23. The zero-order chi connectivity index (χ0) is 14.4. The average Bonchev–Trinajstić information content (AvgIpc) is 2.96. The summed E-state index contributed by atoms with van der Waals surface area (Å²) in [5, 5.41) is 0. The summed E-state index contributed by atoms with van der Waals surface area (Å²) in [6.07, 6.45) is 8.87. The predicted octanol–water partition coefficient (Wildman–Crippen LogP) is 3.81. The molecule has 1 heterocycles. The highest BCUT2D eigenvalue weighted by Crippen LogP contribution is 2.36. The van der Waals surface area contributed by atoms with Crippen LogP contribution in [0.1, 0.15) is 26.7 Å². The zero-order valence-corrected chi connectivity index (χ0v) is 13.4. The van der Waals surface area contributed by atoms with Crippen LogP contribution >= 0.6 is 7.92 Å². The first-order valence-corrected chi connectivity index (χ1v) is 8.94. The molecular formula is C16H23N2OP. The van der Waals surface area contributed by atoms with Crippen LogP contribution in [-0.4, -0.2) is 29.0 Å². The van der Waals surface area contributed by atoms with Crippen LogP contribution in [0.4, 0.5) is 0 Å². The third-order valence-corrected chi connectivity index (χ3v) is 6.11. The molecule has 0 bridgehead atoms. The first-order chi connectivity index (χ1) is 9.81. The number of ether oxygens (including phenoxy) is 1. The second-order valence-corrected chi connectivity index (χ2v) is 7.13. The van der Waals surface area contributed by atoms with Gasteiger partial charge in [0.15, 0.2) is 0 Å². The van der Waals surface area contributed by atoms with Crippen molar-refractivity contribution in [1.29, 1.82) is 0 Å². The summed E-state index contributed by atoms with van der Waals surface area (Å²) >= 11 is 0. The Balaban J connectivity index is 2.40. The van der Waals surface area contributed by atoms with Crippen molar-refractivity contribution in [1.82, 2.24) is 9.55 Å². The van der Waals surface area contributed by atoms with Crippen LogP contribution in [0.15, 0.2) is 36.7 Å². The van der Waals surface area contributed by atoms with Gasteiger partial charge in [-0.05, 0) is 32.4 Å². The van der Waals surface area contributed by atoms with E-state index in [0.29, 0.717) is 0 Å². The molecule has 3 nitrogen and oxygen atoms in total. The zero-order valence-electron chi connectivity index (χ0n) is 12.5. The van der Waals surface area contributed by atoms with Crippen molar-refractivity contribution in [2.24, 2.45) is 0 Å². The fraction of sp³-hybridized carbons (Fsp3) is 0.438. The van der Waals surface area contributed by atoms with E-state index in [0.717, 1.165) is 11.4 Å². The molecule has 0 aliphatic rings. The Morgan fingerprint density at radius 3 is 2.50 bits per heavy atom. The number of methoxy groups -OCH3 is 1. The largest absolute Gasteiger partial charge is 0.495 e. The quantitative estimate of drug-likeness (QED) is 0.725. The molecule has 0 fully saturated rings. The van der Waals surface area contributed by atoms with Crippen LogP contribution < -0.4 is 10.3 Å². The monoisotopic (exact) mass is 290 g/mol. The fourth-order valence-electron chi connectivity index (χ4n) is 2.40. The van der Waals surface area contributed by atoms with E-state index in [1.807, 2.05) is 30.6 Å². The van der Waals surface area contributed by atoms with Crippen LogP contribution in [0.25, 0.3) is 5.69 Å². The number of imidazole rings is 1. The highest BCUT2D eigenvalue weighted by Gasteiger charge is 2.17. The smallest absolute Gasteiger partial charge is 0.142 e. The molecule has 108 valence electrons. The van der Waals surface area contributed by atoms with E-state index in [1.165, 1.54) is 30.7 Å². The highest BCUT2D eigenvalue weighted by atomic mass is 31.1. The van der Waals surface area contributed by atoms with Crippen molar-refractivity contribution in [2.75, 3.05) is 19.4 Å². The molecule has 0 N–H and O–H groups in total. The maximum Gasteiger partial charge on any atom is 0.142 e. The molecule has 0 amide bonds. The summed E-state index contributed by atoms with van der Waals surface area (Å²) in [7, 11) is 1.53. The van der Waals surface area contributed by atoms with Gasteiger partial charge in [0.25, 0.3) is 0 Å². The predicted molar refractivity (Wildman–Crippen MR) is 87.0 cm³/mol. The van der Waals surface area contributed by atoms with Gasteiger partial charge in [-0.1, -0.05) is 38.8 Å². The molecule has 2 rings (SSSR count). The van der Waals surface area contributed by atoms with E-state index in [1.54, 1.807) is 7.11 Å². The molecule has 2 aromatic rings. The van der Waals surface area contributed by atoms with E-state index in [2.05, 4.69) is 29.5 Å². The molecule has 20 heavy (non-hydrogen) atoms. The topological polar surface area (TPSA) is 27.1 Å². The molecule has 0 saturated heterocycles. The van der Waals surface area contributed by atoms with Gasteiger partial charge < -0.3 is 4.74 Å². The van der Waals surface area contributed by atoms with E-state index < -0.39 is 0 Å². The van der Waals surface area contributed by atoms with Gasteiger partial charge in [0.05, 0.1) is 12.8 Å². The van der Waals surface area contributed by atoms with Gasteiger partial charge in [-0.3, -0.25) is 4.57 Å². The Morgan fingerprint density at radius 2 is 1.85 bits per heavy atom. The summed E-state index contributed by atoms with van der Waals surface area (Å²) in [5.74, 6) is 0.898. The summed E-state index contributed by atoms with van der Waals surface area (Å²) < 4.78 is 7.69. The molecule has 0 atom stereocenters. The van der Waals surface area contributed by atoms with Gasteiger partial charge in [-0.2, -0.15) is 0 Å². The summed E-state index contributed by atoms with van der Waals surface area (Å²) in [6, 6.07) is 8.14. The van der Waals surface area contributed by atoms with E-state index in [4.69, 9.17) is 4.74 Å². The number of benzene rings is 1. The van der Waals surface area contributed by atoms with Crippen LogP contribution in [0.5, 0.6) is 5.75 Å². The third-order valence-electron chi connectivity index (χ3n) is 3.24. The summed E-state index contributed by atoms with van der Waals surface area (Å²) in [4.78, 5) is 4.64. The number of hydrogen-bond acceptors (Lipinski definition) is 2. The molecule has 1 aromatic carbocycles. The molecule has 4 heteroatoms.